The first-order valence-corrected chi connectivity index (χ1v) is 7.16. The Morgan fingerprint density at radius 3 is 2.84 bits per heavy atom. The molecule has 3 N–H and O–H groups in total. The Morgan fingerprint density at radius 1 is 1.47 bits per heavy atom. The van der Waals surface area contributed by atoms with Crippen molar-refractivity contribution in [2.45, 2.75) is 12.5 Å². The molecule has 1 unspecified atom stereocenters. The normalized spacial score (nSPS) is 11.5. The van der Waals surface area contributed by atoms with Crippen LogP contribution in [0.1, 0.15) is 6.42 Å². The van der Waals surface area contributed by atoms with Crippen LogP contribution in [0.25, 0.3) is 10.9 Å². The monoisotopic (exact) mass is 279 g/mol. The Bertz CT molecular complexity index is 456. The molecule has 1 aromatic carbocycles. The highest BCUT2D eigenvalue weighted by atomic mass is 32.2. The molecule has 2 aromatic rings. The Labute approximate surface area is 116 Å². The fraction of sp³-hybridized carbons (Fsp3) is 0.308. The van der Waals surface area contributed by atoms with E-state index in [0.29, 0.717) is 6.42 Å². The highest BCUT2D eigenvalue weighted by Gasteiger charge is 2.08. The second-order valence-electron chi connectivity index (χ2n) is 3.81. The summed E-state index contributed by atoms with van der Waals surface area (Å²) in [5.74, 6) is -0.1000. The van der Waals surface area contributed by atoms with Gasteiger partial charge in [0.25, 0.3) is 0 Å². The van der Waals surface area contributed by atoms with Gasteiger partial charge in [-0.25, -0.2) is 9.97 Å². The van der Waals surface area contributed by atoms with Gasteiger partial charge >= 0.3 is 5.97 Å². The lowest BCUT2D eigenvalue weighted by Gasteiger charge is -2.02. The molecule has 6 heteroatoms. The second-order valence-corrected chi connectivity index (χ2v) is 4.79. The number of hydrogen-bond donors (Lipinski definition) is 2. The maximum atomic E-state index is 10.1. The molecule has 0 amide bonds. The summed E-state index contributed by atoms with van der Waals surface area (Å²) < 4.78 is 0. The molecule has 0 saturated carbocycles. The van der Waals surface area contributed by atoms with E-state index in [9.17, 15) is 4.79 Å². The van der Waals surface area contributed by atoms with Gasteiger partial charge in [-0.2, -0.15) is 11.8 Å². The average molecular weight is 279 g/mol. The van der Waals surface area contributed by atoms with Gasteiger partial charge in [0, 0.05) is 11.6 Å². The predicted molar refractivity (Wildman–Crippen MR) is 78.1 cm³/mol. The van der Waals surface area contributed by atoms with Crippen LogP contribution in [-0.2, 0) is 4.79 Å². The number of carbonyl (C=O) groups is 1. The zero-order chi connectivity index (χ0) is 14.1. The topological polar surface area (TPSA) is 89.1 Å². The number of carboxylic acid groups (broad SMARTS) is 1. The SMILES string of the molecule is CSCCC(N)C(=O)O.c1ccc2ncncc2c1. The van der Waals surface area contributed by atoms with Crippen molar-refractivity contribution in [2.75, 3.05) is 12.0 Å². The molecular formula is C13H17N3O2S. The fourth-order valence-corrected chi connectivity index (χ4v) is 1.78. The third-order valence-electron chi connectivity index (χ3n) is 2.36. The van der Waals surface area contributed by atoms with Crippen LogP contribution in [0.5, 0.6) is 0 Å². The van der Waals surface area contributed by atoms with Crippen molar-refractivity contribution >= 4 is 28.6 Å². The van der Waals surface area contributed by atoms with Gasteiger partial charge in [0.15, 0.2) is 0 Å². The molecule has 0 aliphatic heterocycles. The van der Waals surface area contributed by atoms with Gasteiger partial charge in [0.1, 0.15) is 12.4 Å². The molecule has 2 rings (SSSR count). The largest absolute Gasteiger partial charge is 0.480 e. The molecule has 0 fully saturated rings. The smallest absolute Gasteiger partial charge is 0.320 e. The molecular weight excluding hydrogens is 262 g/mol. The van der Waals surface area contributed by atoms with Crippen molar-refractivity contribution in [3.63, 3.8) is 0 Å². The molecule has 1 heterocycles. The van der Waals surface area contributed by atoms with Crippen molar-refractivity contribution < 1.29 is 9.90 Å². The van der Waals surface area contributed by atoms with Gasteiger partial charge in [-0.3, -0.25) is 4.79 Å². The van der Waals surface area contributed by atoms with Gasteiger partial charge in [-0.1, -0.05) is 18.2 Å². The number of thioether (sulfide) groups is 1. The third-order valence-corrected chi connectivity index (χ3v) is 3.01. The molecule has 0 radical (unpaired) electrons. The summed E-state index contributed by atoms with van der Waals surface area (Å²) in [4.78, 5) is 18.0. The van der Waals surface area contributed by atoms with Crippen LogP contribution in [-0.4, -0.2) is 39.1 Å². The zero-order valence-electron chi connectivity index (χ0n) is 10.7. The standard InChI is InChI=1S/C8H6N2.C5H11NO2S/c1-2-4-8-7(3-1)5-9-6-10-8;1-9-3-2-4(6)5(7)8/h1-6H;4H,2-3,6H2,1H3,(H,7,8). The number of para-hydroxylation sites is 1. The van der Waals surface area contributed by atoms with E-state index < -0.39 is 12.0 Å². The Balaban J connectivity index is 0.000000192. The molecule has 5 nitrogen and oxygen atoms in total. The summed E-state index contributed by atoms with van der Waals surface area (Å²) >= 11 is 1.60. The lowest BCUT2D eigenvalue weighted by atomic mass is 10.2. The van der Waals surface area contributed by atoms with Gasteiger partial charge < -0.3 is 10.8 Å². The first-order valence-electron chi connectivity index (χ1n) is 5.77. The number of aromatic nitrogens is 2. The van der Waals surface area contributed by atoms with Crippen molar-refractivity contribution in [3.05, 3.63) is 36.8 Å². The number of aliphatic carboxylic acids is 1. The minimum absolute atomic E-state index is 0.552. The summed E-state index contributed by atoms with van der Waals surface area (Å²) in [7, 11) is 0. The molecule has 102 valence electrons. The molecule has 0 aliphatic carbocycles. The van der Waals surface area contributed by atoms with Crippen molar-refractivity contribution in [3.8, 4) is 0 Å². The summed E-state index contributed by atoms with van der Waals surface area (Å²) in [5.41, 5.74) is 6.19. The van der Waals surface area contributed by atoms with Crippen LogP contribution in [0, 0.1) is 0 Å². The Morgan fingerprint density at radius 2 is 2.21 bits per heavy atom. The molecule has 0 bridgehead atoms. The summed E-state index contributed by atoms with van der Waals surface area (Å²) in [6, 6.07) is 7.23. The Hall–Kier alpha value is -1.66. The minimum Gasteiger partial charge on any atom is -0.480 e. The van der Waals surface area contributed by atoms with E-state index in [1.54, 1.807) is 18.1 Å². The highest BCUT2D eigenvalue weighted by molar-refractivity contribution is 7.98. The predicted octanol–water partition coefficient (Wildman–Crippen LogP) is 1.78. The van der Waals surface area contributed by atoms with Crippen LogP contribution < -0.4 is 5.73 Å². The summed E-state index contributed by atoms with van der Waals surface area (Å²) in [5, 5.41) is 9.36. The van der Waals surface area contributed by atoms with Crippen LogP contribution >= 0.6 is 11.8 Å². The number of fused-ring (bicyclic) bond motifs is 1. The summed E-state index contributed by atoms with van der Waals surface area (Å²) in [6.45, 7) is 0. The van der Waals surface area contributed by atoms with Gasteiger partial charge in [0.2, 0.25) is 0 Å². The maximum absolute atomic E-state index is 10.1. The molecule has 1 aromatic heterocycles. The van der Waals surface area contributed by atoms with Crippen molar-refractivity contribution in [1.29, 1.82) is 0 Å². The van der Waals surface area contributed by atoms with E-state index in [-0.39, 0.29) is 0 Å². The quantitative estimate of drug-likeness (QED) is 0.886. The molecule has 0 aliphatic rings. The third kappa shape index (κ3) is 5.67. The molecule has 0 saturated heterocycles. The van der Waals surface area contributed by atoms with E-state index in [1.165, 1.54) is 0 Å². The molecule has 1 atom stereocenters. The maximum Gasteiger partial charge on any atom is 0.320 e. The summed E-state index contributed by atoms with van der Waals surface area (Å²) in [6.07, 6.45) is 5.84. The first-order chi connectivity index (χ1) is 9.15. The number of carboxylic acids is 1. The number of rotatable bonds is 4. The number of benzene rings is 1. The van der Waals surface area contributed by atoms with Crippen LogP contribution in [0.2, 0.25) is 0 Å². The lowest BCUT2D eigenvalue weighted by Crippen LogP contribution is -2.30. The Kier molecular flexibility index (Phi) is 6.84. The van der Waals surface area contributed by atoms with E-state index >= 15 is 0 Å². The average Bonchev–Trinajstić information content (AvgIpc) is 2.45. The van der Waals surface area contributed by atoms with Gasteiger partial charge in [-0.15, -0.1) is 0 Å². The van der Waals surface area contributed by atoms with E-state index in [1.807, 2.05) is 36.7 Å². The number of nitrogens with zero attached hydrogens (tertiary/aromatic N) is 2. The number of nitrogens with two attached hydrogens (primary N) is 1. The van der Waals surface area contributed by atoms with Crippen LogP contribution in [0.3, 0.4) is 0 Å². The van der Waals surface area contributed by atoms with E-state index in [0.717, 1.165) is 16.7 Å². The van der Waals surface area contributed by atoms with Crippen molar-refractivity contribution in [2.24, 2.45) is 5.73 Å². The van der Waals surface area contributed by atoms with Crippen molar-refractivity contribution in [1.82, 2.24) is 9.97 Å². The highest BCUT2D eigenvalue weighted by Crippen LogP contribution is 2.06. The van der Waals surface area contributed by atoms with E-state index in [2.05, 4.69) is 9.97 Å². The molecule has 0 spiro atoms. The van der Waals surface area contributed by atoms with Crippen LogP contribution in [0.15, 0.2) is 36.8 Å². The first kappa shape index (κ1) is 15.4. The molecule has 19 heavy (non-hydrogen) atoms. The van der Waals surface area contributed by atoms with Crippen LogP contribution in [0.4, 0.5) is 0 Å². The fourth-order valence-electron chi connectivity index (χ4n) is 1.29. The van der Waals surface area contributed by atoms with Gasteiger partial charge in [-0.05, 0) is 24.5 Å². The lowest BCUT2D eigenvalue weighted by molar-refractivity contribution is -0.138. The minimum atomic E-state index is -0.913. The van der Waals surface area contributed by atoms with E-state index in [4.69, 9.17) is 10.8 Å². The number of hydrogen-bond acceptors (Lipinski definition) is 5. The zero-order valence-corrected chi connectivity index (χ0v) is 11.5. The second kappa shape index (κ2) is 8.44. The van der Waals surface area contributed by atoms with Gasteiger partial charge in [0.05, 0.1) is 5.52 Å².